The highest BCUT2D eigenvalue weighted by molar-refractivity contribution is 9.09. The van der Waals surface area contributed by atoms with E-state index >= 15 is 0 Å². The molecule has 0 radical (unpaired) electrons. The van der Waals surface area contributed by atoms with Crippen molar-refractivity contribution in [3.8, 4) is 0 Å². The zero-order valence-corrected chi connectivity index (χ0v) is 11.3. The molecule has 1 rings (SSSR count). The highest BCUT2D eigenvalue weighted by Crippen LogP contribution is 2.29. The predicted molar refractivity (Wildman–Crippen MR) is 65.5 cm³/mol. The van der Waals surface area contributed by atoms with Crippen molar-refractivity contribution in [1.82, 2.24) is 0 Å². The fraction of sp³-hybridized carbons (Fsp3) is 0.833. The van der Waals surface area contributed by atoms with E-state index in [4.69, 9.17) is 4.74 Å². The lowest BCUT2D eigenvalue weighted by atomic mass is 9.95. The van der Waals surface area contributed by atoms with Crippen LogP contribution in [0.2, 0.25) is 0 Å². The van der Waals surface area contributed by atoms with E-state index in [1.54, 1.807) is 0 Å². The second kappa shape index (κ2) is 7.05. The number of ketones is 1. The maximum absolute atomic E-state index is 11.6. The Hall–Kier alpha value is -0.380. The van der Waals surface area contributed by atoms with Gasteiger partial charge in [0.05, 0.1) is 5.92 Å². The van der Waals surface area contributed by atoms with E-state index in [1.807, 2.05) is 0 Å². The van der Waals surface area contributed by atoms with Crippen molar-refractivity contribution in [3.63, 3.8) is 0 Å². The molecule has 1 aliphatic carbocycles. The van der Waals surface area contributed by atoms with Crippen LogP contribution >= 0.6 is 15.9 Å². The SMILES string of the molecule is CCCCC(OC(=O)CBr)C1CCCC1=O. The molecule has 0 aromatic rings. The lowest BCUT2D eigenvalue weighted by molar-refractivity contribution is -0.150. The minimum Gasteiger partial charge on any atom is -0.461 e. The molecular formula is C12H19BrO3. The molecule has 0 amide bonds. The molecule has 0 aliphatic heterocycles. The predicted octanol–water partition coefficient (Wildman–Crippen LogP) is 2.85. The molecule has 0 aromatic heterocycles. The van der Waals surface area contributed by atoms with Crippen molar-refractivity contribution in [2.45, 2.75) is 51.6 Å². The minimum atomic E-state index is -0.263. The second-order valence-electron chi connectivity index (χ2n) is 4.27. The van der Waals surface area contributed by atoms with Crippen molar-refractivity contribution >= 4 is 27.7 Å². The van der Waals surface area contributed by atoms with Gasteiger partial charge in [0.1, 0.15) is 17.2 Å². The molecule has 1 saturated carbocycles. The number of carbonyl (C=O) groups excluding carboxylic acids is 2. The number of hydrogen-bond acceptors (Lipinski definition) is 3. The first-order chi connectivity index (χ1) is 7.69. The van der Waals surface area contributed by atoms with E-state index in [1.165, 1.54) is 0 Å². The molecule has 0 aromatic carbocycles. The Kier molecular flexibility index (Phi) is 6.03. The van der Waals surface area contributed by atoms with Crippen LogP contribution in [0, 0.1) is 5.92 Å². The first kappa shape index (κ1) is 13.7. The molecule has 2 unspecified atom stereocenters. The van der Waals surface area contributed by atoms with E-state index in [2.05, 4.69) is 22.9 Å². The smallest absolute Gasteiger partial charge is 0.316 e. The highest BCUT2D eigenvalue weighted by Gasteiger charge is 2.33. The van der Waals surface area contributed by atoms with Gasteiger partial charge in [-0.25, -0.2) is 0 Å². The number of esters is 1. The largest absolute Gasteiger partial charge is 0.461 e. The van der Waals surface area contributed by atoms with Crippen LogP contribution in [0.3, 0.4) is 0 Å². The summed E-state index contributed by atoms with van der Waals surface area (Å²) >= 11 is 3.08. The summed E-state index contributed by atoms with van der Waals surface area (Å²) in [6.45, 7) is 2.10. The van der Waals surface area contributed by atoms with Gasteiger partial charge in [-0.3, -0.25) is 9.59 Å². The molecular weight excluding hydrogens is 272 g/mol. The van der Waals surface area contributed by atoms with Crippen LogP contribution in [-0.2, 0) is 14.3 Å². The molecule has 2 atom stereocenters. The van der Waals surface area contributed by atoms with Crippen molar-refractivity contribution in [2.75, 3.05) is 5.33 Å². The quantitative estimate of drug-likeness (QED) is 0.558. The third-order valence-corrected chi connectivity index (χ3v) is 3.49. The number of hydrogen-bond donors (Lipinski definition) is 0. The Morgan fingerprint density at radius 2 is 2.38 bits per heavy atom. The maximum Gasteiger partial charge on any atom is 0.316 e. The number of ether oxygens (including phenoxy) is 1. The summed E-state index contributed by atoms with van der Waals surface area (Å²) in [5.74, 6) is -0.0428. The highest BCUT2D eigenvalue weighted by atomic mass is 79.9. The first-order valence-corrected chi connectivity index (χ1v) is 7.09. The molecule has 0 spiro atoms. The number of Topliss-reactive ketones (excluding diaryl/α,β-unsaturated/α-hetero) is 1. The maximum atomic E-state index is 11.6. The Bertz CT molecular complexity index is 253. The second-order valence-corrected chi connectivity index (χ2v) is 4.83. The summed E-state index contributed by atoms with van der Waals surface area (Å²) in [6, 6.07) is 0. The van der Waals surface area contributed by atoms with Gasteiger partial charge >= 0.3 is 5.97 Å². The first-order valence-electron chi connectivity index (χ1n) is 5.97. The summed E-state index contributed by atoms with van der Waals surface area (Å²) in [4.78, 5) is 22.9. The Morgan fingerprint density at radius 3 is 2.88 bits per heavy atom. The molecule has 0 bridgehead atoms. The molecule has 0 saturated heterocycles. The lowest BCUT2D eigenvalue weighted by Crippen LogP contribution is -2.30. The van der Waals surface area contributed by atoms with Gasteiger partial charge in [-0.15, -0.1) is 0 Å². The van der Waals surface area contributed by atoms with Crippen LogP contribution in [0.1, 0.15) is 45.4 Å². The lowest BCUT2D eigenvalue weighted by Gasteiger charge is -2.22. The molecule has 1 aliphatic rings. The van der Waals surface area contributed by atoms with Crippen LogP contribution < -0.4 is 0 Å². The molecule has 0 heterocycles. The van der Waals surface area contributed by atoms with Crippen LogP contribution in [0.15, 0.2) is 0 Å². The fourth-order valence-electron chi connectivity index (χ4n) is 2.18. The average molecular weight is 291 g/mol. The molecule has 1 fully saturated rings. The Morgan fingerprint density at radius 1 is 1.62 bits per heavy atom. The van der Waals surface area contributed by atoms with Crippen molar-refractivity contribution in [1.29, 1.82) is 0 Å². The number of carbonyl (C=O) groups is 2. The third kappa shape index (κ3) is 3.89. The van der Waals surface area contributed by atoms with Crippen LogP contribution in [0.5, 0.6) is 0 Å². The van der Waals surface area contributed by atoms with Gasteiger partial charge in [0.2, 0.25) is 0 Å². The molecule has 92 valence electrons. The number of alkyl halides is 1. The topological polar surface area (TPSA) is 43.4 Å². The molecule has 16 heavy (non-hydrogen) atoms. The van der Waals surface area contributed by atoms with Gasteiger partial charge < -0.3 is 4.74 Å². The van der Waals surface area contributed by atoms with Gasteiger partial charge in [0.15, 0.2) is 0 Å². The summed E-state index contributed by atoms with van der Waals surface area (Å²) in [5.41, 5.74) is 0. The monoisotopic (exact) mass is 290 g/mol. The fourth-order valence-corrected chi connectivity index (χ4v) is 2.32. The normalized spacial score (nSPS) is 22.1. The van der Waals surface area contributed by atoms with E-state index in [0.29, 0.717) is 6.42 Å². The van der Waals surface area contributed by atoms with E-state index in [-0.39, 0.29) is 29.1 Å². The van der Waals surface area contributed by atoms with Gasteiger partial charge in [-0.1, -0.05) is 35.7 Å². The Labute approximate surface area is 105 Å². The van der Waals surface area contributed by atoms with Crippen molar-refractivity contribution in [3.05, 3.63) is 0 Å². The number of halogens is 1. The van der Waals surface area contributed by atoms with Crippen molar-refractivity contribution in [2.24, 2.45) is 5.92 Å². The summed E-state index contributed by atoms with van der Waals surface area (Å²) in [5, 5.41) is 0.205. The van der Waals surface area contributed by atoms with Crippen molar-refractivity contribution < 1.29 is 14.3 Å². The van der Waals surface area contributed by atoms with Gasteiger partial charge in [0, 0.05) is 6.42 Å². The van der Waals surface area contributed by atoms with Gasteiger partial charge in [-0.2, -0.15) is 0 Å². The van der Waals surface area contributed by atoms with E-state index in [0.717, 1.165) is 32.1 Å². The minimum absolute atomic E-state index is 0.0467. The average Bonchev–Trinajstić information content (AvgIpc) is 2.70. The summed E-state index contributed by atoms with van der Waals surface area (Å²) in [6.07, 6.45) is 5.15. The number of unbranched alkanes of at least 4 members (excludes halogenated alkanes) is 1. The number of rotatable bonds is 6. The van der Waals surface area contributed by atoms with Crippen LogP contribution in [0.25, 0.3) is 0 Å². The van der Waals surface area contributed by atoms with Crippen LogP contribution in [-0.4, -0.2) is 23.2 Å². The van der Waals surface area contributed by atoms with Gasteiger partial charge in [-0.05, 0) is 19.3 Å². The van der Waals surface area contributed by atoms with Crippen LogP contribution in [0.4, 0.5) is 0 Å². The molecule has 3 nitrogen and oxygen atoms in total. The third-order valence-electron chi connectivity index (χ3n) is 3.03. The zero-order chi connectivity index (χ0) is 12.0. The van der Waals surface area contributed by atoms with E-state index < -0.39 is 0 Å². The Balaban J connectivity index is 2.54. The molecule has 4 heteroatoms. The summed E-state index contributed by atoms with van der Waals surface area (Å²) < 4.78 is 5.35. The molecule has 0 N–H and O–H groups in total. The van der Waals surface area contributed by atoms with Gasteiger partial charge in [0.25, 0.3) is 0 Å². The van der Waals surface area contributed by atoms with E-state index in [9.17, 15) is 9.59 Å². The summed E-state index contributed by atoms with van der Waals surface area (Å²) in [7, 11) is 0. The standard InChI is InChI=1S/C12H19BrO3/c1-2-3-7-11(16-12(15)8-13)9-5-4-6-10(9)14/h9,11H,2-8H2,1H3. The zero-order valence-electron chi connectivity index (χ0n) is 9.71.